The van der Waals surface area contributed by atoms with Crippen molar-refractivity contribution in [2.24, 2.45) is 5.73 Å². The minimum atomic E-state index is -4.39. The van der Waals surface area contributed by atoms with E-state index in [9.17, 15) is 23.3 Å². The molecule has 4 aromatic rings. The SMILES string of the molecule is COc1cc(C(Nc2ccc(C(=N)N)cc2)C(=O)NS(=O)(=O)c2ccc([N+](=O)[O-])cc2)ccc1OCc1ccccc1. The van der Waals surface area contributed by atoms with Gasteiger partial charge in [0.15, 0.2) is 11.5 Å². The van der Waals surface area contributed by atoms with Crippen LogP contribution in [0.25, 0.3) is 0 Å². The lowest BCUT2D eigenvalue weighted by Crippen LogP contribution is -2.37. The van der Waals surface area contributed by atoms with E-state index in [1.807, 2.05) is 35.1 Å². The first-order chi connectivity index (χ1) is 20.1. The summed E-state index contributed by atoms with van der Waals surface area (Å²) in [5, 5.41) is 21.5. The number of non-ortho nitro benzene ring substituents is 1. The minimum absolute atomic E-state index is 0.138. The molecule has 0 saturated carbocycles. The third kappa shape index (κ3) is 7.20. The molecule has 216 valence electrons. The summed E-state index contributed by atoms with van der Waals surface area (Å²) in [6, 6.07) is 23.5. The second-order valence-electron chi connectivity index (χ2n) is 8.97. The van der Waals surface area contributed by atoms with E-state index < -0.39 is 26.9 Å². The Labute approximate surface area is 241 Å². The van der Waals surface area contributed by atoms with Gasteiger partial charge in [0.1, 0.15) is 18.5 Å². The Hall–Kier alpha value is -5.43. The predicted octanol–water partition coefficient (Wildman–Crippen LogP) is 4.12. The molecule has 0 spiro atoms. The number of sulfonamides is 1. The fourth-order valence-corrected chi connectivity index (χ4v) is 4.92. The van der Waals surface area contributed by atoms with E-state index in [2.05, 4.69) is 5.32 Å². The van der Waals surface area contributed by atoms with Gasteiger partial charge in [0.2, 0.25) is 0 Å². The molecule has 4 rings (SSSR count). The van der Waals surface area contributed by atoms with E-state index in [-0.39, 0.29) is 23.0 Å². The Balaban J connectivity index is 1.64. The summed E-state index contributed by atoms with van der Waals surface area (Å²) in [5.74, 6) is -0.341. The Bertz CT molecular complexity index is 1700. The quantitative estimate of drug-likeness (QED) is 0.0816. The number of nitrogen functional groups attached to an aromatic ring is 1. The van der Waals surface area contributed by atoms with E-state index in [1.165, 1.54) is 7.11 Å². The molecule has 5 N–H and O–H groups in total. The number of hydrogen-bond acceptors (Lipinski definition) is 9. The Kier molecular flexibility index (Phi) is 9.02. The Morgan fingerprint density at radius 3 is 2.24 bits per heavy atom. The lowest BCUT2D eigenvalue weighted by Gasteiger charge is -2.21. The van der Waals surface area contributed by atoms with Crippen LogP contribution in [-0.4, -0.2) is 32.2 Å². The number of hydrogen-bond donors (Lipinski definition) is 4. The maximum absolute atomic E-state index is 13.5. The van der Waals surface area contributed by atoms with E-state index in [4.69, 9.17) is 20.6 Å². The van der Waals surface area contributed by atoms with Gasteiger partial charge in [-0.3, -0.25) is 20.3 Å². The molecule has 0 heterocycles. The lowest BCUT2D eigenvalue weighted by atomic mass is 10.0. The lowest BCUT2D eigenvalue weighted by molar-refractivity contribution is -0.384. The summed E-state index contributed by atoms with van der Waals surface area (Å²) in [7, 11) is -2.95. The zero-order chi connectivity index (χ0) is 30.3. The Morgan fingerprint density at radius 2 is 1.64 bits per heavy atom. The molecule has 1 amide bonds. The smallest absolute Gasteiger partial charge is 0.269 e. The summed E-state index contributed by atoms with van der Waals surface area (Å²) in [6.07, 6.45) is 0. The van der Waals surface area contributed by atoms with Gasteiger partial charge in [-0.25, -0.2) is 13.1 Å². The van der Waals surface area contributed by atoms with Gasteiger partial charge < -0.3 is 20.5 Å². The van der Waals surface area contributed by atoms with Crippen LogP contribution in [0, 0.1) is 15.5 Å². The van der Waals surface area contributed by atoms with Gasteiger partial charge >= 0.3 is 0 Å². The molecule has 0 radical (unpaired) electrons. The summed E-state index contributed by atoms with van der Waals surface area (Å²) < 4.78 is 39.5. The third-order valence-corrected chi connectivity index (χ3v) is 7.48. The number of carbonyl (C=O) groups excluding carboxylic acids is 1. The second kappa shape index (κ2) is 12.8. The Morgan fingerprint density at radius 1 is 0.976 bits per heavy atom. The van der Waals surface area contributed by atoms with Gasteiger partial charge in [0.05, 0.1) is 16.9 Å². The van der Waals surface area contributed by atoms with Gasteiger partial charge in [-0.05, 0) is 59.7 Å². The molecule has 0 fully saturated rings. The van der Waals surface area contributed by atoms with Crippen molar-refractivity contribution < 1.29 is 27.6 Å². The minimum Gasteiger partial charge on any atom is -0.493 e. The molecule has 0 aliphatic carbocycles. The number of benzene rings is 4. The highest BCUT2D eigenvalue weighted by atomic mass is 32.2. The number of carbonyl (C=O) groups is 1. The van der Waals surface area contributed by atoms with Crippen LogP contribution in [0.3, 0.4) is 0 Å². The summed E-state index contributed by atoms with van der Waals surface area (Å²) in [4.78, 5) is 23.5. The number of rotatable bonds is 12. The van der Waals surface area contributed by atoms with Gasteiger partial charge in [-0.1, -0.05) is 36.4 Å². The highest BCUT2D eigenvalue weighted by Crippen LogP contribution is 2.33. The average molecular weight is 590 g/mol. The first kappa shape index (κ1) is 29.6. The molecular formula is C29H27N5O7S. The highest BCUT2D eigenvalue weighted by molar-refractivity contribution is 7.90. The van der Waals surface area contributed by atoms with E-state index in [1.54, 1.807) is 42.5 Å². The van der Waals surface area contributed by atoms with Crippen LogP contribution in [0.5, 0.6) is 11.5 Å². The number of ether oxygens (including phenoxy) is 2. The highest BCUT2D eigenvalue weighted by Gasteiger charge is 2.28. The topological polar surface area (TPSA) is 187 Å². The first-order valence-electron chi connectivity index (χ1n) is 12.4. The molecule has 1 unspecified atom stereocenters. The normalized spacial score (nSPS) is 11.6. The number of nitro groups is 1. The zero-order valence-corrected chi connectivity index (χ0v) is 23.1. The molecule has 42 heavy (non-hydrogen) atoms. The number of nitro benzene ring substituents is 1. The molecule has 0 aliphatic rings. The number of nitrogens with one attached hydrogen (secondary N) is 3. The van der Waals surface area contributed by atoms with Crippen molar-refractivity contribution >= 4 is 33.1 Å². The largest absolute Gasteiger partial charge is 0.493 e. The molecule has 0 aliphatic heterocycles. The van der Waals surface area contributed by atoms with E-state index in [0.29, 0.717) is 28.3 Å². The van der Waals surface area contributed by atoms with Crippen molar-refractivity contribution in [3.63, 3.8) is 0 Å². The van der Waals surface area contributed by atoms with Gasteiger partial charge in [-0.15, -0.1) is 0 Å². The van der Waals surface area contributed by atoms with Crippen molar-refractivity contribution in [3.05, 3.63) is 124 Å². The second-order valence-corrected chi connectivity index (χ2v) is 10.7. The number of methoxy groups -OCH3 is 1. The summed E-state index contributed by atoms with van der Waals surface area (Å²) >= 11 is 0. The molecule has 4 aromatic carbocycles. The van der Waals surface area contributed by atoms with Gasteiger partial charge in [0.25, 0.3) is 21.6 Å². The number of amidine groups is 1. The van der Waals surface area contributed by atoms with Crippen LogP contribution in [-0.2, 0) is 21.4 Å². The molecule has 13 heteroatoms. The van der Waals surface area contributed by atoms with Crippen LogP contribution in [0.4, 0.5) is 11.4 Å². The number of amides is 1. The van der Waals surface area contributed by atoms with E-state index >= 15 is 0 Å². The van der Waals surface area contributed by atoms with Gasteiger partial charge in [0, 0.05) is 23.4 Å². The summed E-state index contributed by atoms with van der Waals surface area (Å²) in [5.41, 5.74) is 7.43. The monoisotopic (exact) mass is 589 g/mol. The molecule has 0 bridgehead atoms. The van der Waals surface area contributed by atoms with Crippen LogP contribution in [0.2, 0.25) is 0 Å². The number of nitrogens with zero attached hydrogens (tertiary/aromatic N) is 1. The van der Waals surface area contributed by atoms with Crippen molar-refractivity contribution in [2.75, 3.05) is 12.4 Å². The predicted molar refractivity (Wildman–Crippen MR) is 156 cm³/mol. The molecule has 1 atom stereocenters. The van der Waals surface area contributed by atoms with Crippen LogP contribution in [0.15, 0.2) is 102 Å². The van der Waals surface area contributed by atoms with E-state index in [0.717, 1.165) is 29.8 Å². The van der Waals surface area contributed by atoms with Crippen LogP contribution >= 0.6 is 0 Å². The molecule has 0 aromatic heterocycles. The van der Waals surface area contributed by atoms with Crippen molar-refractivity contribution in [3.8, 4) is 11.5 Å². The summed E-state index contributed by atoms with van der Waals surface area (Å²) in [6.45, 7) is 0.273. The maximum Gasteiger partial charge on any atom is 0.269 e. The maximum atomic E-state index is 13.5. The van der Waals surface area contributed by atoms with Crippen molar-refractivity contribution in [1.82, 2.24) is 4.72 Å². The van der Waals surface area contributed by atoms with Crippen molar-refractivity contribution in [2.45, 2.75) is 17.5 Å². The molecular weight excluding hydrogens is 562 g/mol. The first-order valence-corrected chi connectivity index (χ1v) is 13.9. The van der Waals surface area contributed by atoms with Crippen LogP contribution < -0.4 is 25.2 Å². The number of nitrogens with two attached hydrogens (primary N) is 1. The zero-order valence-electron chi connectivity index (χ0n) is 22.3. The fourth-order valence-electron chi connectivity index (χ4n) is 3.93. The third-order valence-electron chi connectivity index (χ3n) is 6.12. The average Bonchev–Trinajstić information content (AvgIpc) is 2.99. The number of anilines is 1. The van der Waals surface area contributed by atoms with Crippen LogP contribution in [0.1, 0.15) is 22.7 Å². The molecule has 12 nitrogen and oxygen atoms in total. The van der Waals surface area contributed by atoms with Gasteiger partial charge in [-0.2, -0.15) is 0 Å². The van der Waals surface area contributed by atoms with Crippen molar-refractivity contribution in [1.29, 1.82) is 5.41 Å². The fraction of sp³-hybridized carbons (Fsp3) is 0.103. The molecule has 0 saturated heterocycles. The standard InChI is InChI=1S/C29H27N5O7S/c1-40-26-17-21(9-16-25(26)41-18-19-5-3-2-4-6-19)27(32-22-10-7-20(8-11-22)28(30)31)29(35)33-42(38,39)24-14-12-23(13-15-24)34(36)37/h2-17,27,32H,18H2,1H3,(H3,30,31)(H,33,35).